The van der Waals surface area contributed by atoms with E-state index in [0.717, 1.165) is 95.3 Å². The van der Waals surface area contributed by atoms with Gasteiger partial charge < -0.3 is 28.4 Å². The fourth-order valence-electron chi connectivity index (χ4n) is 6.71. The molecule has 0 aliphatic heterocycles. The number of benzene rings is 3. The Morgan fingerprint density at radius 3 is 0.952 bits per heavy atom. The number of hydrogen-bond donors (Lipinski definition) is 0. The van der Waals surface area contributed by atoms with Gasteiger partial charge in [0.15, 0.2) is 17.5 Å². The van der Waals surface area contributed by atoms with Crippen LogP contribution in [0.2, 0.25) is 0 Å². The molecule has 0 N–H and O–H groups in total. The maximum atomic E-state index is 12.9. The van der Waals surface area contributed by atoms with Crippen LogP contribution in [0.5, 0.6) is 34.5 Å². The molecule has 1 aromatic heterocycles. The number of aromatic nitrogens is 3. The normalized spacial score (nSPS) is 10.8. The summed E-state index contributed by atoms with van der Waals surface area (Å²) in [5, 5.41) is 0. The minimum absolute atomic E-state index is 0.0873. The van der Waals surface area contributed by atoms with E-state index in [2.05, 4.69) is 40.5 Å². The second-order valence-corrected chi connectivity index (χ2v) is 15.1. The van der Waals surface area contributed by atoms with E-state index in [0.29, 0.717) is 70.4 Å². The van der Waals surface area contributed by atoms with E-state index < -0.39 is 17.9 Å². The predicted octanol–water partition coefficient (Wildman–Crippen LogP) is 11.9. The van der Waals surface area contributed by atoms with Crippen LogP contribution < -0.4 is 28.4 Å². The van der Waals surface area contributed by atoms with Gasteiger partial charge in [0, 0.05) is 34.9 Å². The molecule has 0 aliphatic rings. The molecule has 0 radical (unpaired) electrons. The summed E-state index contributed by atoms with van der Waals surface area (Å²) in [6.45, 7) is 24.0. The topological polar surface area (TPSA) is 145 Å². The van der Waals surface area contributed by atoms with E-state index in [9.17, 15) is 14.4 Å². The molecule has 0 saturated carbocycles. The van der Waals surface area contributed by atoms with Crippen molar-refractivity contribution in [3.63, 3.8) is 0 Å². The standard InChI is InChI=1S/C51H63N3O9/c1-10-16-19-22-31-58-40-28-25-37(46(34(40)7)61-43(55)13-4)49-52-50(38-26-29-41(59-32-23-20-17-11-2)35(8)47(38)62-44(56)14-5)54-51(53-49)39-27-30-42(60-33-24-21-18-12-3)36(9)48(39)63-45(57)15-6/h13-15,25-30H,4-6,10-12,16-24,31-33H2,1-3,7-9H3. The summed E-state index contributed by atoms with van der Waals surface area (Å²) in [5.74, 6) is 0.180. The molecule has 12 heteroatoms. The van der Waals surface area contributed by atoms with Crippen molar-refractivity contribution in [2.75, 3.05) is 19.8 Å². The molecule has 336 valence electrons. The molecule has 0 saturated heterocycles. The van der Waals surface area contributed by atoms with Crippen molar-refractivity contribution in [3.8, 4) is 68.7 Å². The van der Waals surface area contributed by atoms with Crippen molar-refractivity contribution in [1.82, 2.24) is 15.0 Å². The predicted molar refractivity (Wildman–Crippen MR) is 247 cm³/mol. The maximum Gasteiger partial charge on any atom is 0.335 e. The van der Waals surface area contributed by atoms with Crippen LogP contribution in [0.3, 0.4) is 0 Å². The van der Waals surface area contributed by atoms with Crippen molar-refractivity contribution in [2.45, 2.75) is 119 Å². The number of ether oxygens (including phenoxy) is 6. The van der Waals surface area contributed by atoms with Crippen LogP contribution in [-0.4, -0.2) is 52.7 Å². The third kappa shape index (κ3) is 13.8. The highest BCUT2D eigenvalue weighted by atomic mass is 16.5. The van der Waals surface area contributed by atoms with E-state index in [1.54, 1.807) is 57.2 Å². The summed E-state index contributed by atoms with van der Waals surface area (Å²) in [5.41, 5.74) is 2.59. The first kappa shape index (κ1) is 49.4. The van der Waals surface area contributed by atoms with E-state index in [4.69, 9.17) is 43.4 Å². The zero-order valence-electron chi connectivity index (χ0n) is 37.9. The average molecular weight is 862 g/mol. The summed E-state index contributed by atoms with van der Waals surface area (Å²) in [4.78, 5) is 53.6. The van der Waals surface area contributed by atoms with Crippen molar-refractivity contribution in [2.24, 2.45) is 0 Å². The Bertz CT molecular complexity index is 1970. The summed E-state index contributed by atoms with van der Waals surface area (Å²) in [6, 6.07) is 10.5. The van der Waals surface area contributed by atoms with Crippen molar-refractivity contribution in [1.29, 1.82) is 0 Å². The fourth-order valence-corrected chi connectivity index (χ4v) is 6.71. The smallest absolute Gasteiger partial charge is 0.335 e. The first-order chi connectivity index (χ1) is 30.5. The Morgan fingerprint density at radius 1 is 0.444 bits per heavy atom. The molecule has 0 bridgehead atoms. The van der Waals surface area contributed by atoms with Crippen LogP contribution in [0.15, 0.2) is 74.4 Å². The SMILES string of the molecule is C=CC(=O)Oc1c(-c2nc(-c3ccc(OCCCCCC)c(C)c3OC(=O)C=C)nc(-c3ccc(OCCCCCC)c(C)c3OC(=O)C=C)n2)ccc(OCCCCCC)c1C. The first-order valence-corrected chi connectivity index (χ1v) is 22.1. The largest absolute Gasteiger partial charge is 0.493 e. The van der Waals surface area contributed by atoms with Gasteiger partial charge in [0.05, 0.1) is 36.5 Å². The highest BCUT2D eigenvalue weighted by Crippen LogP contribution is 2.43. The number of unbranched alkanes of at least 4 members (excludes halogenated alkanes) is 9. The monoisotopic (exact) mass is 861 g/mol. The van der Waals surface area contributed by atoms with Gasteiger partial charge in [-0.15, -0.1) is 0 Å². The van der Waals surface area contributed by atoms with E-state index in [1.165, 1.54) is 0 Å². The van der Waals surface area contributed by atoms with E-state index >= 15 is 0 Å². The molecule has 63 heavy (non-hydrogen) atoms. The van der Waals surface area contributed by atoms with Gasteiger partial charge in [0.2, 0.25) is 0 Å². The molecule has 0 aliphatic carbocycles. The quantitative estimate of drug-likeness (QED) is 0.0243. The third-order valence-electron chi connectivity index (χ3n) is 10.3. The van der Waals surface area contributed by atoms with Crippen LogP contribution >= 0.6 is 0 Å². The Morgan fingerprint density at radius 2 is 0.714 bits per heavy atom. The van der Waals surface area contributed by atoms with E-state index in [-0.39, 0.29) is 34.7 Å². The molecular weight excluding hydrogens is 799 g/mol. The first-order valence-electron chi connectivity index (χ1n) is 22.1. The van der Waals surface area contributed by atoms with Gasteiger partial charge in [0.25, 0.3) is 0 Å². The van der Waals surface area contributed by atoms with Gasteiger partial charge >= 0.3 is 17.9 Å². The molecule has 12 nitrogen and oxygen atoms in total. The van der Waals surface area contributed by atoms with Gasteiger partial charge in [0.1, 0.15) is 34.5 Å². The zero-order chi connectivity index (χ0) is 45.7. The van der Waals surface area contributed by atoms with Crippen LogP contribution in [0.4, 0.5) is 0 Å². The average Bonchev–Trinajstić information content (AvgIpc) is 3.29. The minimum atomic E-state index is -0.701. The number of carbonyl (C=O) groups is 3. The Kier molecular flexibility index (Phi) is 20.0. The van der Waals surface area contributed by atoms with Crippen molar-refractivity contribution < 1.29 is 42.8 Å². The van der Waals surface area contributed by atoms with Gasteiger partial charge in [-0.2, -0.15) is 0 Å². The lowest BCUT2D eigenvalue weighted by Crippen LogP contribution is -2.11. The van der Waals surface area contributed by atoms with Crippen LogP contribution in [0, 0.1) is 20.8 Å². The van der Waals surface area contributed by atoms with Gasteiger partial charge in [-0.05, 0) is 76.4 Å². The molecule has 1 heterocycles. The van der Waals surface area contributed by atoms with Crippen LogP contribution in [0.25, 0.3) is 34.2 Å². The summed E-state index contributed by atoms with van der Waals surface area (Å²) < 4.78 is 36.2. The molecule has 0 unspecified atom stereocenters. The Hall–Kier alpha value is -6.30. The van der Waals surface area contributed by atoms with Crippen molar-refractivity contribution in [3.05, 3.63) is 91.1 Å². The third-order valence-corrected chi connectivity index (χ3v) is 10.3. The molecule has 0 fully saturated rings. The lowest BCUT2D eigenvalue weighted by molar-refractivity contribution is -0.129. The second-order valence-electron chi connectivity index (χ2n) is 15.1. The molecule has 4 rings (SSSR count). The highest BCUT2D eigenvalue weighted by molar-refractivity contribution is 5.89. The van der Waals surface area contributed by atoms with Gasteiger partial charge in [-0.3, -0.25) is 0 Å². The van der Waals surface area contributed by atoms with Crippen LogP contribution in [0.1, 0.15) is 115 Å². The summed E-state index contributed by atoms with van der Waals surface area (Å²) in [7, 11) is 0. The molecule has 4 aromatic rings. The van der Waals surface area contributed by atoms with Gasteiger partial charge in [-0.1, -0.05) is 98.3 Å². The van der Waals surface area contributed by atoms with Crippen LogP contribution in [-0.2, 0) is 14.4 Å². The molecule has 3 aromatic carbocycles. The second kappa shape index (κ2) is 25.6. The summed E-state index contributed by atoms with van der Waals surface area (Å²) >= 11 is 0. The number of rotatable bonds is 27. The molecular formula is C51H63N3O9. The van der Waals surface area contributed by atoms with Crippen molar-refractivity contribution >= 4 is 17.9 Å². The lowest BCUT2D eigenvalue weighted by Gasteiger charge is -2.19. The molecule has 0 amide bonds. The number of carbonyl (C=O) groups excluding carboxylic acids is 3. The highest BCUT2D eigenvalue weighted by Gasteiger charge is 2.26. The summed E-state index contributed by atoms with van der Waals surface area (Å²) in [6.07, 6.45) is 15.4. The minimum Gasteiger partial charge on any atom is -0.493 e. The van der Waals surface area contributed by atoms with E-state index in [1.807, 2.05) is 0 Å². The Labute approximate surface area is 372 Å². The number of nitrogens with zero attached hydrogens (tertiary/aromatic N) is 3. The molecule has 0 spiro atoms. The maximum absolute atomic E-state index is 12.9. The fraction of sp³-hybridized carbons (Fsp3) is 0.412. The number of esters is 3. The lowest BCUT2D eigenvalue weighted by atomic mass is 10.0. The van der Waals surface area contributed by atoms with Gasteiger partial charge in [-0.25, -0.2) is 29.3 Å². The molecule has 0 atom stereocenters. The number of hydrogen-bond acceptors (Lipinski definition) is 12. The Balaban J connectivity index is 2.02. The zero-order valence-corrected chi connectivity index (χ0v) is 37.9.